The number of nitrogens with zero attached hydrogens (tertiary/aromatic N) is 2. The quantitative estimate of drug-likeness (QED) is 0.620. The Bertz CT molecular complexity index is 827. The van der Waals surface area contributed by atoms with Crippen molar-refractivity contribution in [3.05, 3.63) is 52.9 Å². The van der Waals surface area contributed by atoms with E-state index in [9.17, 15) is 13.2 Å². The maximum atomic E-state index is 12.2. The van der Waals surface area contributed by atoms with Crippen molar-refractivity contribution in [1.29, 1.82) is 0 Å². The van der Waals surface area contributed by atoms with Crippen LogP contribution in [0.15, 0.2) is 39.8 Å². The van der Waals surface area contributed by atoms with Crippen LogP contribution in [0.25, 0.3) is 6.08 Å². The zero-order valence-corrected chi connectivity index (χ0v) is 14.2. The fraction of sp³-hybridized carbons (Fsp3) is 0.250. The minimum Gasteiger partial charge on any atom is -0.361 e. The van der Waals surface area contributed by atoms with Gasteiger partial charge in [-0.2, -0.15) is 0 Å². The van der Waals surface area contributed by atoms with Crippen LogP contribution in [0.4, 0.5) is 0 Å². The number of aryl methyl sites for hydroxylation is 2. The zero-order chi connectivity index (χ0) is 17.2. The highest BCUT2D eigenvalue weighted by Gasteiger charge is 2.17. The average Bonchev–Trinajstić information content (AvgIpc) is 2.83. The molecule has 6 nitrogen and oxygen atoms in total. The summed E-state index contributed by atoms with van der Waals surface area (Å²) in [5, 5.41) is 3.81. The Balaban J connectivity index is 2.22. The van der Waals surface area contributed by atoms with Gasteiger partial charge in [-0.25, -0.2) is 12.7 Å². The molecule has 0 aliphatic heterocycles. The van der Waals surface area contributed by atoms with E-state index in [1.54, 1.807) is 19.9 Å². The van der Waals surface area contributed by atoms with Crippen LogP contribution in [-0.2, 0) is 10.0 Å². The van der Waals surface area contributed by atoms with Crippen molar-refractivity contribution in [1.82, 2.24) is 9.46 Å². The maximum Gasteiger partial charge on any atom is 0.242 e. The molecule has 2 rings (SSSR count). The number of rotatable bonds is 5. The van der Waals surface area contributed by atoms with Crippen LogP contribution < -0.4 is 0 Å². The van der Waals surface area contributed by atoms with Crippen LogP contribution in [0.3, 0.4) is 0 Å². The average molecular weight is 334 g/mol. The largest absolute Gasteiger partial charge is 0.361 e. The first-order valence-electron chi connectivity index (χ1n) is 6.91. The van der Waals surface area contributed by atoms with Crippen molar-refractivity contribution >= 4 is 21.9 Å². The second kappa shape index (κ2) is 6.47. The lowest BCUT2D eigenvalue weighted by Crippen LogP contribution is -2.22. The first-order valence-corrected chi connectivity index (χ1v) is 8.35. The van der Waals surface area contributed by atoms with Gasteiger partial charge in [0.2, 0.25) is 10.0 Å². The molecule has 122 valence electrons. The summed E-state index contributed by atoms with van der Waals surface area (Å²) in [5.74, 6) is 0.415. The second-order valence-electron chi connectivity index (χ2n) is 5.25. The second-order valence-corrected chi connectivity index (χ2v) is 7.40. The number of carbonyl (C=O) groups is 1. The van der Waals surface area contributed by atoms with Gasteiger partial charge in [0.1, 0.15) is 5.76 Å². The molecule has 1 heterocycles. The van der Waals surface area contributed by atoms with E-state index in [1.165, 1.54) is 44.4 Å². The van der Waals surface area contributed by atoms with Crippen LogP contribution in [0.2, 0.25) is 0 Å². The Morgan fingerprint density at radius 1 is 1.17 bits per heavy atom. The third-order valence-electron chi connectivity index (χ3n) is 3.41. The van der Waals surface area contributed by atoms with E-state index in [0.29, 0.717) is 17.0 Å². The van der Waals surface area contributed by atoms with Gasteiger partial charge in [0.15, 0.2) is 5.78 Å². The predicted molar refractivity (Wildman–Crippen MR) is 86.7 cm³/mol. The Morgan fingerprint density at radius 2 is 1.78 bits per heavy atom. The first kappa shape index (κ1) is 17.1. The minimum absolute atomic E-state index is 0.147. The van der Waals surface area contributed by atoms with Crippen molar-refractivity contribution in [2.75, 3.05) is 14.1 Å². The normalized spacial score (nSPS) is 12.2. The molecule has 0 saturated heterocycles. The summed E-state index contributed by atoms with van der Waals surface area (Å²) in [7, 11) is -0.577. The van der Waals surface area contributed by atoms with Crippen LogP contribution in [-0.4, -0.2) is 37.8 Å². The molecule has 0 bridgehead atoms. The van der Waals surface area contributed by atoms with Gasteiger partial charge in [-0.1, -0.05) is 5.16 Å². The van der Waals surface area contributed by atoms with Crippen LogP contribution >= 0.6 is 0 Å². The van der Waals surface area contributed by atoms with E-state index in [-0.39, 0.29) is 10.7 Å². The topological polar surface area (TPSA) is 80.5 Å². The molecule has 0 unspecified atom stereocenters. The minimum atomic E-state index is -3.49. The SMILES string of the molecule is Cc1noc(C)c1/C=C/C(=O)c1ccc(S(=O)(=O)N(C)C)cc1. The van der Waals surface area contributed by atoms with E-state index >= 15 is 0 Å². The molecule has 0 fully saturated rings. The standard InChI is InChI=1S/C16H18N2O4S/c1-11-15(12(2)22-17-11)9-10-16(19)13-5-7-14(8-6-13)23(20,21)18(3)4/h5-10H,1-4H3/b10-9+. The maximum absolute atomic E-state index is 12.2. The number of carbonyl (C=O) groups excluding carboxylic acids is 1. The Hall–Kier alpha value is -2.25. The fourth-order valence-electron chi connectivity index (χ4n) is 1.99. The number of benzene rings is 1. The zero-order valence-electron chi connectivity index (χ0n) is 13.4. The number of hydrogen-bond donors (Lipinski definition) is 0. The molecule has 23 heavy (non-hydrogen) atoms. The Labute approximate surface area is 135 Å². The van der Waals surface area contributed by atoms with E-state index in [2.05, 4.69) is 5.16 Å². The molecule has 7 heteroatoms. The van der Waals surface area contributed by atoms with Gasteiger partial charge in [-0.15, -0.1) is 0 Å². The molecule has 1 aromatic heterocycles. The lowest BCUT2D eigenvalue weighted by Gasteiger charge is -2.11. The summed E-state index contributed by atoms with van der Waals surface area (Å²) in [6.07, 6.45) is 3.07. The highest BCUT2D eigenvalue weighted by molar-refractivity contribution is 7.89. The smallest absolute Gasteiger partial charge is 0.242 e. The summed E-state index contributed by atoms with van der Waals surface area (Å²) < 4.78 is 30.1. The van der Waals surface area contributed by atoms with Crippen LogP contribution in [0, 0.1) is 13.8 Å². The molecule has 0 saturated carbocycles. The summed E-state index contributed by atoms with van der Waals surface area (Å²) in [6.45, 7) is 3.56. The van der Waals surface area contributed by atoms with Gasteiger partial charge in [-0.3, -0.25) is 4.79 Å². The lowest BCUT2D eigenvalue weighted by molar-refractivity contribution is 0.104. The molecule has 0 atom stereocenters. The number of ketones is 1. The number of allylic oxidation sites excluding steroid dienone is 1. The van der Waals surface area contributed by atoms with Crippen molar-refractivity contribution in [2.45, 2.75) is 18.7 Å². The molecular formula is C16H18N2O4S. The van der Waals surface area contributed by atoms with Crippen LogP contribution in [0.1, 0.15) is 27.4 Å². The predicted octanol–water partition coefficient (Wildman–Crippen LogP) is 2.44. The van der Waals surface area contributed by atoms with Gasteiger partial charge < -0.3 is 4.52 Å². The van der Waals surface area contributed by atoms with Gasteiger partial charge in [-0.05, 0) is 50.3 Å². The fourth-order valence-corrected chi connectivity index (χ4v) is 2.89. The number of sulfonamides is 1. The molecule has 0 radical (unpaired) electrons. The summed E-state index contributed by atoms with van der Waals surface area (Å²) in [4.78, 5) is 12.3. The van der Waals surface area contributed by atoms with Gasteiger partial charge in [0.25, 0.3) is 0 Å². The molecule has 0 spiro atoms. The molecule has 0 aliphatic rings. The molecule has 2 aromatic rings. The highest BCUT2D eigenvalue weighted by atomic mass is 32.2. The lowest BCUT2D eigenvalue weighted by atomic mass is 10.1. The van der Waals surface area contributed by atoms with Gasteiger partial charge in [0.05, 0.1) is 10.6 Å². The third kappa shape index (κ3) is 3.57. The van der Waals surface area contributed by atoms with Crippen molar-refractivity contribution in [3.63, 3.8) is 0 Å². The molecule has 0 aliphatic carbocycles. The van der Waals surface area contributed by atoms with E-state index in [1.807, 2.05) is 0 Å². The van der Waals surface area contributed by atoms with Crippen molar-refractivity contribution in [2.24, 2.45) is 0 Å². The van der Waals surface area contributed by atoms with E-state index in [4.69, 9.17) is 4.52 Å². The number of hydrogen-bond acceptors (Lipinski definition) is 5. The summed E-state index contributed by atoms with van der Waals surface area (Å²) >= 11 is 0. The summed E-state index contributed by atoms with van der Waals surface area (Å²) in [6, 6.07) is 5.84. The van der Waals surface area contributed by atoms with Gasteiger partial charge in [0, 0.05) is 25.2 Å². The molecule has 0 N–H and O–H groups in total. The molecule has 1 aromatic carbocycles. The van der Waals surface area contributed by atoms with Crippen molar-refractivity contribution < 1.29 is 17.7 Å². The number of aromatic nitrogens is 1. The van der Waals surface area contributed by atoms with Gasteiger partial charge >= 0.3 is 0 Å². The third-order valence-corrected chi connectivity index (χ3v) is 5.24. The Morgan fingerprint density at radius 3 is 2.26 bits per heavy atom. The molecular weight excluding hydrogens is 316 g/mol. The summed E-state index contributed by atoms with van der Waals surface area (Å²) in [5.41, 5.74) is 1.88. The first-order chi connectivity index (χ1) is 10.7. The monoisotopic (exact) mass is 334 g/mol. The Kier molecular flexibility index (Phi) is 4.82. The van der Waals surface area contributed by atoms with E-state index < -0.39 is 10.0 Å². The molecule has 0 amide bonds. The van der Waals surface area contributed by atoms with Crippen molar-refractivity contribution in [3.8, 4) is 0 Å². The van der Waals surface area contributed by atoms with Crippen LogP contribution in [0.5, 0.6) is 0 Å². The highest BCUT2D eigenvalue weighted by Crippen LogP contribution is 2.17. The van der Waals surface area contributed by atoms with E-state index in [0.717, 1.165) is 9.87 Å².